The van der Waals surface area contributed by atoms with E-state index >= 15 is 0 Å². The molecular weight excluding hydrogens is 364 g/mol. The van der Waals surface area contributed by atoms with E-state index in [1.165, 1.54) is 0 Å². The standard InChI is InChI=1S/C19H20N4O5/c24-18(21-10-14-3-1-2-6-20-14)17-11-23(7-8-26-17)19(25)22-13-4-5-15-16(9-13)28-12-27-15/h1-6,9,17H,7-8,10-12H2,(H,21,24)(H,22,25)/t17-/m1/s1. The number of ether oxygens (including phenoxy) is 3. The molecular formula is C19H20N4O5. The molecule has 2 aliphatic heterocycles. The maximum Gasteiger partial charge on any atom is 0.322 e. The highest BCUT2D eigenvalue weighted by Crippen LogP contribution is 2.34. The average Bonchev–Trinajstić information content (AvgIpc) is 3.21. The molecule has 9 heteroatoms. The average molecular weight is 384 g/mol. The highest BCUT2D eigenvalue weighted by atomic mass is 16.7. The third-order valence-electron chi connectivity index (χ3n) is 4.44. The summed E-state index contributed by atoms with van der Waals surface area (Å²) in [6.07, 6.45) is 0.945. The molecule has 146 valence electrons. The fourth-order valence-corrected chi connectivity index (χ4v) is 2.96. The van der Waals surface area contributed by atoms with Gasteiger partial charge in [-0.05, 0) is 24.3 Å². The molecule has 1 saturated heterocycles. The number of nitrogens with one attached hydrogen (secondary N) is 2. The van der Waals surface area contributed by atoms with Crippen molar-refractivity contribution in [1.82, 2.24) is 15.2 Å². The van der Waals surface area contributed by atoms with E-state index in [2.05, 4.69) is 15.6 Å². The first-order valence-corrected chi connectivity index (χ1v) is 8.94. The van der Waals surface area contributed by atoms with Gasteiger partial charge in [-0.15, -0.1) is 0 Å². The molecule has 28 heavy (non-hydrogen) atoms. The summed E-state index contributed by atoms with van der Waals surface area (Å²) in [6.45, 7) is 1.34. The summed E-state index contributed by atoms with van der Waals surface area (Å²) in [5, 5.41) is 5.60. The van der Waals surface area contributed by atoms with E-state index < -0.39 is 6.10 Å². The molecule has 1 aromatic carbocycles. The van der Waals surface area contributed by atoms with Crippen LogP contribution in [0.1, 0.15) is 5.69 Å². The number of aromatic nitrogens is 1. The second kappa shape index (κ2) is 8.13. The van der Waals surface area contributed by atoms with Crippen LogP contribution in [-0.2, 0) is 16.1 Å². The van der Waals surface area contributed by atoms with Crippen LogP contribution in [0.3, 0.4) is 0 Å². The topological polar surface area (TPSA) is 102 Å². The van der Waals surface area contributed by atoms with Crippen LogP contribution in [0.2, 0.25) is 0 Å². The van der Waals surface area contributed by atoms with Crippen molar-refractivity contribution in [3.63, 3.8) is 0 Å². The molecule has 1 fully saturated rings. The number of nitrogens with zero attached hydrogens (tertiary/aromatic N) is 2. The Morgan fingerprint density at radius 2 is 2.07 bits per heavy atom. The first-order valence-electron chi connectivity index (χ1n) is 8.94. The minimum Gasteiger partial charge on any atom is -0.454 e. The lowest BCUT2D eigenvalue weighted by Crippen LogP contribution is -2.52. The van der Waals surface area contributed by atoms with E-state index in [0.29, 0.717) is 30.3 Å². The van der Waals surface area contributed by atoms with Crippen molar-refractivity contribution < 1.29 is 23.8 Å². The van der Waals surface area contributed by atoms with E-state index in [9.17, 15) is 9.59 Å². The number of benzene rings is 1. The van der Waals surface area contributed by atoms with Crippen LogP contribution < -0.4 is 20.1 Å². The van der Waals surface area contributed by atoms with Crippen molar-refractivity contribution in [3.8, 4) is 11.5 Å². The summed E-state index contributed by atoms with van der Waals surface area (Å²) in [7, 11) is 0. The van der Waals surface area contributed by atoms with Gasteiger partial charge in [0.15, 0.2) is 17.6 Å². The fourth-order valence-electron chi connectivity index (χ4n) is 2.96. The minimum atomic E-state index is -0.722. The lowest BCUT2D eigenvalue weighted by atomic mass is 10.2. The Morgan fingerprint density at radius 3 is 2.93 bits per heavy atom. The summed E-state index contributed by atoms with van der Waals surface area (Å²) in [6, 6.07) is 10.4. The van der Waals surface area contributed by atoms with Gasteiger partial charge in [0.2, 0.25) is 6.79 Å². The normalized spacial score (nSPS) is 17.9. The number of anilines is 1. The highest BCUT2D eigenvalue weighted by molar-refractivity contribution is 5.90. The molecule has 1 aromatic heterocycles. The van der Waals surface area contributed by atoms with Gasteiger partial charge in [-0.1, -0.05) is 6.07 Å². The number of carbonyl (C=O) groups is 2. The van der Waals surface area contributed by atoms with Gasteiger partial charge in [0.1, 0.15) is 0 Å². The van der Waals surface area contributed by atoms with Crippen LogP contribution in [0.4, 0.5) is 10.5 Å². The number of rotatable bonds is 4. The molecule has 3 heterocycles. The van der Waals surface area contributed by atoms with E-state index in [1.54, 1.807) is 29.3 Å². The Hall–Kier alpha value is -3.33. The quantitative estimate of drug-likeness (QED) is 0.825. The van der Waals surface area contributed by atoms with Crippen LogP contribution in [0.5, 0.6) is 11.5 Å². The Morgan fingerprint density at radius 1 is 1.18 bits per heavy atom. The predicted octanol–water partition coefficient (Wildman–Crippen LogP) is 1.36. The second-order valence-corrected chi connectivity index (χ2v) is 6.34. The van der Waals surface area contributed by atoms with Crippen molar-refractivity contribution in [1.29, 1.82) is 0 Å². The highest BCUT2D eigenvalue weighted by Gasteiger charge is 2.29. The summed E-state index contributed by atoms with van der Waals surface area (Å²) in [4.78, 5) is 30.6. The molecule has 0 spiro atoms. The Kier molecular flexibility index (Phi) is 5.24. The largest absolute Gasteiger partial charge is 0.454 e. The monoisotopic (exact) mass is 384 g/mol. The van der Waals surface area contributed by atoms with Crippen LogP contribution in [0.25, 0.3) is 0 Å². The lowest BCUT2D eigenvalue weighted by molar-refractivity contribution is -0.137. The number of pyridine rings is 1. The summed E-state index contributed by atoms with van der Waals surface area (Å²) >= 11 is 0. The number of fused-ring (bicyclic) bond motifs is 1. The van der Waals surface area contributed by atoms with Gasteiger partial charge >= 0.3 is 6.03 Å². The van der Waals surface area contributed by atoms with Gasteiger partial charge in [-0.2, -0.15) is 0 Å². The molecule has 9 nitrogen and oxygen atoms in total. The van der Waals surface area contributed by atoms with Crippen molar-refractivity contribution in [2.75, 3.05) is 31.8 Å². The molecule has 0 radical (unpaired) electrons. The number of morpholine rings is 1. The van der Waals surface area contributed by atoms with Gasteiger partial charge < -0.3 is 29.7 Å². The molecule has 2 aromatic rings. The zero-order valence-corrected chi connectivity index (χ0v) is 15.1. The Bertz CT molecular complexity index is 861. The van der Waals surface area contributed by atoms with Gasteiger partial charge in [-0.25, -0.2) is 4.79 Å². The number of carbonyl (C=O) groups excluding carboxylic acids is 2. The van der Waals surface area contributed by atoms with E-state index in [4.69, 9.17) is 14.2 Å². The van der Waals surface area contributed by atoms with Gasteiger partial charge in [-0.3, -0.25) is 9.78 Å². The lowest BCUT2D eigenvalue weighted by Gasteiger charge is -2.32. The van der Waals surface area contributed by atoms with Gasteiger partial charge in [0, 0.05) is 24.5 Å². The SMILES string of the molecule is O=C(NCc1ccccn1)[C@H]1CN(C(=O)Nc2ccc3c(c2)OCO3)CCO1. The predicted molar refractivity (Wildman–Crippen MR) is 99.0 cm³/mol. The summed E-state index contributed by atoms with van der Waals surface area (Å²) in [5.74, 6) is 0.965. The molecule has 1 atom stereocenters. The number of hydrogen-bond donors (Lipinski definition) is 2. The minimum absolute atomic E-state index is 0.171. The van der Waals surface area contributed by atoms with Crippen LogP contribution >= 0.6 is 0 Å². The molecule has 0 aliphatic carbocycles. The Labute approximate surface area is 161 Å². The molecule has 2 aliphatic rings. The molecule has 0 bridgehead atoms. The molecule has 3 amide bonds. The van der Waals surface area contributed by atoms with Crippen LogP contribution in [-0.4, -0.2) is 54.4 Å². The molecule has 2 N–H and O–H groups in total. The smallest absolute Gasteiger partial charge is 0.322 e. The summed E-state index contributed by atoms with van der Waals surface area (Å²) in [5.41, 5.74) is 1.35. The maximum atomic E-state index is 12.6. The van der Waals surface area contributed by atoms with Gasteiger partial charge in [0.25, 0.3) is 5.91 Å². The maximum absolute atomic E-state index is 12.6. The number of amides is 3. The third-order valence-corrected chi connectivity index (χ3v) is 4.44. The summed E-state index contributed by atoms with van der Waals surface area (Å²) < 4.78 is 16.1. The number of urea groups is 1. The van der Waals surface area contributed by atoms with Crippen LogP contribution in [0, 0.1) is 0 Å². The van der Waals surface area contributed by atoms with Crippen molar-refractivity contribution in [3.05, 3.63) is 48.3 Å². The van der Waals surface area contributed by atoms with Crippen molar-refractivity contribution in [2.45, 2.75) is 12.6 Å². The Balaban J connectivity index is 1.31. The molecule has 4 rings (SSSR count). The number of hydrogen-bond acceptors (Lipinski definition) is 6. The third kappa shape index (κ3) is 4.15. The van der Waals surface area contributed by atoms with E-state index in [-0.39, 0.29) is 31.9 Å². The van der Waals surface area contributed by atoms with Crippen LogP contribution in [0.15, 0.2) is 42.6 Å². The van der Waals surface area contributed by atoms with Crippen molar-refractivity contribution >= 4 is 17.6 Å². The first kappa shape index (κ1) is 18.1. The van der Waals surface area contributed by atoms with E-state index in [1.807, 2.05) is 18.2 Å². The zero-order valence-electron chi connectivity index (χ0n) is 15.1. The molecule has 0 saturated carbocycles. The first-order chi connectivity index (χ1) is 13.7. The van der Waals surface area contributed by atoms with E-state index in [0.717, 1.165) is 5.69 Å². The van der Waals surface area contributed by atoms with Crippen molar-refractivity contribution in [2.24, 2.45) is 0 Å². The second-order valence-electron chi connectivity index (χ2n) is 6.34. The molecule has 0 unspecified atom stereocenters. The fraction of sp³-hybridized carbons (Fsp3) is 0.316. The van der Waals surface area contributed by atoms with Gasteiger partial charge in [0.05, 0.1) is 25.4 Å². The zero-order chi connectivity index (χ0) is 19.3.